The number of allylic oxidation sites excluding steroid dienone is 7. The molecule has 1 saturated carbocycles. The van der Waals surface area contributed by atoms with Crippen molar-refractivity contribution in [2.24, 2.45) is 28.6 Å². The highest BCUT2D eigenvalue weighted by Crippen LogP contribution is 2.61. The van der Waals surface area contributed by atoms with Crippen molar-refractivity contribution in [2.45, 2.75) is 98.9 Å². The Morgan fingerprint density at radius 3 is 2.41 bits per heavy atom. The third kappa shape index (κ3) is 5.17. The molecule has 1 spiro atoms. The lowest BCUT2D eigenvalue weighted by Gasteiger charge is -2.52. The Balaban J connectivity index is 1.85. The summed E-state index contributed by atoms with van der Waals surface area (Å²) < 4.78 is 18.3. The van der Waals surface area contributed by atoms with Gasteiger partial charge in [0, 0.05) is 18.9 Å². The van der Waals surface area contributed by atoms with Crippen LogP contribution in [0.5, 0.6) is 0 Å². The summed E-state index contributed by atoms with van der Waals surface area (Å²) in [6, 6.07) is 0. The van der Waals surface area contributed by atoms with Crippen LogP contribution < -0.4 is 0 Å². The Hall–Kier alpha value is -2.96. The highest BCUT2D eigenvalue weighted by atomic mass is 16.6. The van der Waals surface area contributed by atoms with E-state index < -0.39 is 47.0 Å². The smallest absolute Gasteiger partial charge is 0.330 e. The zero-order valence-corrected chi connectivity index (χ0v) is 24.2. The normalized spacial score (nSPS) is 36.7. The molecule has 0 N–H and O–H groups in total. The first kappa shape index (κ1) is 29.0. The van der Waals surface area contributed by atoms with Crippen molar-refractivity contribution in [1.29, 1.82) is 0 Å². The molecule has 8 atom stereocenters. The third-order valence-corrected chi connectivity index (χ3v) is 9.26. The zero-order valence-electron chi connectivity index (χ0n) is 24.2. The highest BCUT2D eigenvalue weighted by molar-refractivity contribution is 5.99. The molecule has 2 fully saturated rings. The number of carbonyl (C=O) groups excluding carboxylic acids is 4. The minimum atomic E-state index is -1.13. The molecule has 7 nitrogen and oxygen atoms in total. The standard InChI is InChI=1S/C32H42O7/c1-18(2)9-8-10-22-13-15-32(16-14-22)26-28(37-21(6)33)27(39-30(32)36)20(5)23-11-12-24(34)31(23,7)29(26)38-25(35)17-19(3)4/h9,11-13,17,20,23,26-29H,8,10,14-16H2,1-7H3/t20-,23-,26-,27-,28-,29-,31-,32-/m0/s1. The molecule has 2 bridgehead atoms. The summed E-state index contributed by atoms with van der Waals surface area (Å²) in [4.78, 5) is 53.2. The fourth-order valence-electron chi connectivity index (χ4n) is 7.29. The molecule has 0 aromatic carbocycles. The van der Waals surface area contributed by atoms with Crippen LogP contribution in [0, 0.1) is 28.6 Å². The van der Waals surface area contributed by atoms with Gasteiger partial charge in [-0.15, -0.1) is 0 Å². The van der Waals surface area contributed by atoms with E-state index in [1.54, 1.807) is 19.9 Å². The van der Waals surface area contributed by atoms with Gasteiger partial charge in [0.25, 0.3) is 0 Å². The molecule has 7 heteroatoms. The minimum Gasteiger partial charge on any atom is -0.458 e. The van der Waals surface area contributed by atoms with Crippen LogP contribution in [-0.2, 0) is 33.4 Å². The number of hydrogen-bond donors (Lipinski definition) is 0. The van der Waals surface area contributed by atoms with Crippen LogP contribution in [0.4, 0.5) is 0 Å². The van der Waals surface area contributed by atoms with Gasteiger partial charge < -0.3 is 14.2 Å². The van der Waals surface area contributed by atoms with Crippen molar-refractivity contribution in [3.8, 4) is 0 Å². The van der Waals surface area contributed by atoms with Crippen molar-refractivity contribution in [3.63, 3.8) is 0 Å². The van der Waals surface area contributed by atoms with Gasteiger partial charge in [-0.2, -0.15) is 0 Å². The molecule has 39 heavy (non-hydrogen) atoms. The van der Waals surface area contributed by atoms with Crippen LogP contribution in [-0.4, -0.2) is 42.0 Å². The maximum Gasteiger partial charge on any atom is 0.330 e. The molecule has 0 aromatic rings. The quantitative estimate of drug-likeness (QED) is 0.188. The number of ketones is 1. The van der Waals surface area contributed by atoms with Crippen LogP contribution in [0.2, 0.25) is 0 Å². The molecular weight excluding hydrogens is 496 g/mol. The van der Waals surface area contributed by atoms with E-state index in [0.29, 0.717) is 19.3 Å². The Labute approximate surface area is 231 Å². The van der Waals surface area contributed by atoms with Gasteiger partial charge in [0.2, 0.25) is 0 Å². The van der Waals surface area contributed by atoms with Crippen LogP contribution in [0.25, 0.3) is 0 Å². The van der Waals surface area contributed by atoms with E-state index >= 15 is 0 Å². The van der Waals surface area contributed by atoms with Crippen LogP contribution in [0.1, 0.15) is 80.6 Å². The summed E-state index contributed by atoms with van der Waals surface area (Å²) in [5.41, 5.74) is 1.07. The van der Waals surface area contributed by atoms with E-state index in [-0.39, 0.29) is 23.6 Å². The van der Waals surface area contributed by atoms with Crippen LogP contribution >= 0.6 is 0 Å². The second-order valence-corrected chi connectivity index (χ2v) is 12.5. The summed E-state index contributed by atoms with van der Waals surface area (Å²) in [7, 11) is 0. The predicted octanol–water partition coefficient (Wildman–Crippen LogP) is 5.59. The largest absolute Gasteiger partial charge is 0.458 e. The molecule has 0 aromatic heterocycles. The Bertz CT molecular complexity index is 1160. The molecule has 0 unspecified atom stereocenters. The second-order valence-electron chi connectivity index (χ2n) is 12.5. The summed E-state index contributed by atoms with van der Waals surface area (Å²) in [6.45, 7) is 12.8. The fourth-order valence-corrected chi connectivity index (χ4v) is 7.29. The molecule has 4 rings (SSSR count). The van der Waals surface area contributed by atoms with Crippen molar-refractivity contribution in [1.82, 2.24) is 0 Å². The summed E-state index contributed by atoms with van der Waals surface area (Å²) in [5.74, 6) is -3.02. The van der Waals surface area contributed by atoms with Gasteiger partial charge in [-0.05, 0) is 78.7 Å². The molecule has 0 radical (unpaired) electrons. The second kappa shape index (κ2) is 10.9. The summed E-state index contributed by atoms with van der Waals surface area (Å²) in [6.07, 6.45) is 9.85. The summed E-state index contributed by atoms with van der Waals surface area (Å²) in [5, 5.41) is 0. The lowest BCUT2D eigenvalue weighted by molar-refractivity contribution is -0.226. The van der Waals surface area contributed by atoms with Gasteiger partial charge in [-0.1, -0.05) is 41.9 Å². The molecule has 1 heterocycles. The summed E-state index contributed by atoms with van der Waals surface area (Å²) >= 11 is 0. The van der Waals surface area contributed by atoms with E-state index in [4.69, 9.17) is 14.2 Å². The van der Waals surface area contributed by atoms with Gasteiger partial charge in [0.15, 0.2) is 5.78 Å². The van der Waals surface area contributed by atoms with Crippen LogP contribution in [0.15, 0.2) is 47.1 Å². The first-order valence-corrected chi connectivity index (χ1v) is 14.1. The van der Waals surface area contributed by atoms with Crippen molar-refractivity contribution < 1.29 is 33.4 Å². The predicted molar refractivity (Wildman–Crippen MR) is 146 cm³/mol. The average molecular weight is 539 g/mol. The third-order valence-electron chi connectivity index (χ3n) is 9.26. The molecule has 212 valence electrons. The number of ether oxygens (including phenoxy) is 3. The number of esters is 3. The van der Waals surface area contributed by atoms with Crippen molar-refractivity contribution in [2.75, 3.05) is 0 Å². The van der Waals surface area contributed by atoms with Crippen molar-refractivity contribution >= 4 is 23.7 Å². The van der Waals surface area contributed by atoms with E-state index in [0.717, 1.165) is 18.4 Å². The SMILES string of the molecule is CC(=O)O[C@@H]1[C@H]2OC(=O)[C@]3(CC=C(CCC=C(C)C)CC3)[C@@H]1[C@H](OC(=O)C=C(C)C)[C@]1(C)C(=O)C=C[C@H]1[C@@H]2C. The monoisotopic (exact) mass is 538 g/mol. The van der Waals surface area contributed by atoms with Gasteiger partial charge in [-0.25, -0.2) is 4.79 Å². The van der Waals surface area contributed by atoms with Crippen LogP contribution in [0.3, 0.4) is 0 Å². The van der Waals surface area contributed by atoms with Crippen molar-refractivity contribution in [3.05, 3.63) is 47.1 Å². The molecule has 0 amide bonds. The number of carbonyl (C=O) groups is 4. The van der Waals surface area contributed by atoms with Gasteiger partial charge >= 0.3 is 17.9 Å². The van der Waals surface area contributed by atoms with Gasteiger partial charge in [-0.3, -0.25) is 14.4 Å². The minimum absolute atomic E-state index is 0.153. The Kier molecular flexibility index (Phi) is 8.11. The zero-order chi connectivity index (χ0) is 28.7. The highest BCUT2D eigenvalue weighted by Gasteiger charge is 2.70. The van der Waals surface area contributed by atoms with E-state index in [9.17, 15) is 19.2 Å². The van der Waals surface area contributed by atoms with Gasteiger partial charge in [0.05, 0.1) is 16.7 Å². The molecular formula is C32H42O7. The maximum absolute atomic E-state index is 14.0. The molecule has 4 aliphatic rings. The van der Waals surface area contributed by atoms with E-state index in [1.165, 1.54) is 24.1 Å². The molecule has 3 aliphatic carbocycles. The molecule has 1 aliphatic heterocycles. The fraction of sp³-hybridized carbons (Fsp3) is 0.625. The number of fused-ring (bicyclic) bond motifs is 4. The molecule has 1 saturated heterocycles. The van der Waals surface area contributed by atoms with Gasteiger partial charge in [0.1, 0.15) is 18.3 Å². The number of rotatable bonds is 6. The lowest BCUT2D eigenvalue weighted by atomic mass is 9.57. The Morgan fingerprint density at radius 1 is 1.10 bits per heavy atom. The first-order chi connectivity index (χ1) is 18.3. The maximum atomic E-state index is 14.0. The first-order valence-electron chi connectivity index (χ1n) is 14.1. The lowest BCUT2D eigenvalue weighted by Crippen LogP contribution is -2.63. The van der Waals surface area contributed by atoms with E-state index in [2.05, 4.69) is 26.0 Å². The average Bonchev–Trinajstić information content (AvgIpc) is 3.12. The van der Waals surface area contributed by atoms with E-state index in [1.807, 2.05) is 19.9 Å². The topological polar surface area (TPSA) is 96.0 Å². The number of hydrogen-bond acceptors (Lipinski definition) is 7. The Morgan fingerprint density at radius 2 is 1.82 bits per heavy atom.